The van der Waals surface area contributed by atoms with Crippen LogP contribution in [0.25, 0.3) is 10.6 Å². The Hall–Kier alpha value is -1.42. The quantitative estimate of drug-likeness (QED) is 0.797. The van der Waals surface area contributed by atoms with Gasteiger partial charge in [0.15, 0.2) is 0 Å². The lowest BCUT2D eigenvalue weighted by Crippen LogP contribution is -2.18. The van der Waals surface area contributed by atoms with Crippen molar-refractivity contribution in [2.45, 2.75) is 12.8 Å². The fraction of sp³-hybridized carbons (Fsp3) is 0.333. The monoisotopic (exact) mass is 232 g/mol. The van der Waals surface area contributed by atoms with E-state index in [-0.39, 0.29) is 0 Å². The second kappa shape index (κ2) is 4.22. The van der Waals surface area contributed by atoms with Crippen LogP contribution in [0, 0.1) is 0 Å². The average Bonchev–Trinajstić information content (AvgIpc) is 3.00. The van der Waals surface area contributed by atoms with Crippen molar-refractivity contribution in [3.05, 3.63) is 29.9 Å². The molecule has 0 bridgehead atoms. The highest BCUT2D eigenvalue weighted by molar-refractivity contribution is 7.13. The number of hydrogen-bond acceptors (Lipinski definition) is 4. The number of pyridine rings is 1. The molecule has 0 amide bonds. The Morgan fingerprint density at radius 1 is 1.25 bits per heavy atom. The summed E-state index contributed by atoms with van der Waals surface area (Å²) in [5.41, 5.74) is 0.997. The summed E-state index contributed by atoms with van der Waals surface area (Å²) in [5.74, 6) is 1.05. The Bertz CT molecular complexity index is 503. The van der Waals surface area contributed by atoms with Gasteiger partial charge in [-0.15, -0.1) is 11.3 Å². The third-order valence-electron chi connectivity index (χ3n) is 2.81. The number of hydrogen-bond donors (Lipinski definition) is 0. The first-order valence-electron chi connectivity index (χ1n) is 5.96. The summed E-state index contributed by atoms with van der Waals surface area (Å²) in [6.07, 6.45) is 4.70. The fourth-order valence-electron chi connectivity index (χ4n) is 1.97. The zero-order valence-corrected chi connectivity index (χ0v) is 9.70. The molecule has 0 aromatic carbocycles. The van der Waals surface area contributed by atoms with E-state index in [0.717, 1.165) is 29.5 Å². The molecule has 0 aliphatic carbocycles. The highest BCUT2D eigenvalue weighted by Gasteiger charge is 2.13. The molecule has 2 aromatic heterocycles. The summed E-state index contributed by atoms with van der Waals surface area (Å²) >= 11 is 1.49. The van der Waals surface area contributed by atoms with Crippen molar-refractivity contribution in [1.29, 1.82) is 0 Å². The van der Waals surface area contributed by atoms with Gasteiger partial charge in [-0.05, 0) is 25.0 Å². The Balaban J connectivity index is 1.84. The standard InChI is InChI=1S/C12H13N3S/c1-2-7-15(6-1)11-4-3-10(9-14-11)12-13-5-8-16-12/h3-5,8-9H,1-2,6-7H2/i5D. The second-order valence-corrected chi connectivity index (χ2v) is 4.74. The van der Waals surface area contributed by atoms with Gasteiger partial charge in [-0.3, -0.25) is 0 Å². The van der Waals surface area contributed by atoms with E-state index in [4.69, 9.17) is 1.37 Å². The lowest BCUT2D eigenvalue weighted by atomic mass is 10.3. The molecule has 2 aromatic rings. The maximum absolute atomic E-state index is 7.41. The number of aromatic nitrogens is 2. The largest absolute Gasteiger partial charge is 0.357 e. The molecular weight excluding hydrogens is 218 g/mol. The van der Waals surface area contributed by atoms with Crippen molar-refractivity contribution in [1.82, 2.24) is 9.97 Å². The van der Waals surface area contributed by atoms with Gasteiger partial charge in [-0.2, -0.15) is 0 Å². The van der Waals surface area contributed by atoms with E-state index in [1.54, 1.807) is 5.38 Å². The van der Waals surface area contributed by atoms with Crippen LogP contribution in [0.1, 0.15) is 14.2 Å². The first-order chi connectivity index (χ1) is 8.33. The van der Waals surface area contributed by atoms with E-state index in [1.165, 1.54) is 24.2 Å². The van der Waals surface area contributed by atoms with Crippen LogP contribution in [0.4, 0.5) is 5.82 Å². The lowest BCUT2D eigenvalue weighted by molar-refractivity contribution is 0.938. The van der Waals surface area contributed by atoms with Crippen LogP contribution in [0.2, 0.25) is 0 Å². The molecule has 3 heterocycles. The molecule has 1 aliphatic heterocycles. The molecule has 3 nitrogen and oxygen atoms in total. The van der Waals surface area contributed by atoms with Gasteiger partial charge in [-0.25, -0.2) is 9.97 Å². The number of nitrogens with zero attached hydrogens (tertiary/aromatic N) is 3. The van der Waals surface area contributed by atoms with Gasteiger partial charge in [0.05, 0.1) is 1.37 Å². The first kappa shape index (κ1) is 8.70. The van der Waals surface area contributed by atoms with Crippen molar-refractivity contribution < 1.29 is 1.37 Å². The molecule has 4 heteroatoms. The van der Waals surface area contributed by atoms with Gasteiger partial charge in [-0.1, -0.05) is 0 Å². The van der Waals surface area contributed by atoms with Gasteiger partial charge in [0.25, 0.3) is 0 Å². The van der Waals surface area contributed by atoms with Crippen LogP contribution < -0.4 is 4.90 Å². The summed E-state index contributed by atoms with van der Waals surface area (Å²) in [7, 11) is 0. The van der Waals surface area contributed by atoms with E-state index < -0.39 is 0 Å². The van der Waals surface area contributed by atoms with Gasteiger partial charge in [0, 0.05) is 36.4 Å². The Morgan fingerprint density at radius 3 is 2.75 bits per heavy atom. The van der Waals surface area contributed by atoms with Crippen molar-refractivity contribution in [3.63, 3.8) is 0 Å². The normalized spacial score (nSPS) is 16.5. The Kier molecular flexibility index (Phi) is 2.29. The molecule has 3 rings (SSSR count). The molecule has 0 saturated carbocycles. The smallest absolute Gasteiger partial charge is 0.128 e. The second-order valence-electron chi connectivity index (χ2n) is 3.88. The SMILES string of the molecule is [2H]c1csc(-c2ccc(N3CCCC3)nc2)n1. The summed E-state index contributed by atoms with van der Waals surface area (Å²) in [6.45, 7) is 2.22. The molecule has 0 spiro atoms. The maximum atomic E-state index is 7.41. The van der Waals surface area contributed by atoms with Crippen LogP contribution in [0.3, 0.4) is 0 Å². The molecule has 1 fully saturated rings. The molecule has 82 valence electrons. The van der Waals surface area contributed by atoms with Gasteiger partial charge >= 0.3 is 0 Å². The summed E-state index contributed by atoms with van der Waals surface area (Å²) < 4.78 is 7.41. The predicted octanol–water partition coefficient (Wildman–Crippen LogP) is 2.81. The molecule has 1 saturated heterocycles. The molecule has 0 atom stereocenters. The van der Waals surface area contributed by atoms with Gasteiger partial charge < -0.3 is 4.90 Å². The van der Waals surface area contributed by atoms with E-state index in [0.29, 0.717) is 6.17 Å². The van der Waals surface area contributed by atoms with Crippen molar-refractivity contribution >= 4 is 17.2 Å². The zero-order valence-electron chi connectivity index (χ0n) is 9.89. The zero-order chi connectivity index (χ0) is 11.7. The predicted molar refractivity (Wildman–Crippen MR) is 66.8 cm³/mol. The van der Waals surface area contributed by atoms with E-state index in [9.17, 15) is 0 Å². The first-order valence-corrected chi connectivity index (χ1v) is 6.34. The fourth-order valence-corrected chi connectivity index (χ4v) is 2.55. The highest BCUT2D eigenvalue weighted by Crippen LogP contribution is 2.24. The third-order valence-corrected chi connectivity index (χ3v) is 3.59. The van der Waals surface area contributed by atoms with Crippen LogP contribution in [-0.2, 0) is 0 Å². The third kappa shape index (κ3) is 1.80. The molecule has 0 N–H and O–H groups in total. The highest BCUT2D eigenvalue weighted by atomic mass is 32.1. The molecule has 16 heavy (non-hydrogen) atoms. The minimum atomic E-state index is 0.327. The lowest BCUT2D eigenvalue weighted by Gasteiger charge is -2.15. The summed E-state index contributed by atoms with van der Waals surface area (Å²) in [4.78, 5) is 10.9. The number of thiazole rings is 1. The minimum Gasteiger partial charge on any atom is -0.357 e. The maximum Gasteiger partial charge on any atom is 0.128 e. The molecule has 0 radical (unpaired) electrons. The average molecular weight is 232 g/mol. The van der Waals surface area contributed by atoms with Crippen molar-refractivity contribution in [2.24, 2.45) is 0 Å². The minimum absolute atomic E-state index is 0.327. The van der Waals surface area contributed by atoms with Crippen LogP contribution in [0.5, 0.6) is 0 Å². The van der Waals surface area contributed by atoms with Crippen LogP contribution in [-0.4, -0.2) is 23.1 Å². The van der Waals surface area contributed by atoms with E-state index in [1.807, 2.05) is 18.3 Å². The van der Waals surface area contributed by atoms with E-state index >= 15 is 0 Å². The summed E-state index contributed by atoms with van der Waals surface area (Å²) in [6, 6.07) is 4.09. The van der Waals surface area contributed by atoms with Crippen molar-refractivity contribution in [3.8, 4) is 10.6 Å². The van der Waals surface area contributed by atoms with Crippen molar-refractivity contribution in [2.75, 3.05) is 18.0 Å². The van der Waals surface area contributed by atoms with Gasteiger partial charge in [0.2, 0.25) is 0 Å². The number of anilines is 1. The molecule has 1 aliphatic rings. The van der Waals surface area contributed by atoms with E-state index in [2.05, 4.69) is 14.9 Å². The van der Waals surface area contributed by atoms with Crippen LogP contribution in [0.15, 0.2) is 29.9 Å². The topological polar surface area (TPSA) is 29.0 Å². The summed E-state index contributed by atoms with van der Waals surface area (Å²) in [5, 5.41) is 2.61. The molecule has 0 unspecified atom stereocenters. The Morgan fingerprint density at radius 2 is 2.12 bits per heavy atom. The number of rotatable bonds is 2. The van der Waals surface area contributed by atoms with Gasteiger partial charge in [0.1, 0.15) is 10.8 Å². The molecular formula is C12H13N3S. The Labute approximate surface area is 100 Å². The van der Waals surface area contributed by atoms with Crippen LogP contribution >= 0.6 is 11.3 Å².